The van der Waals surface area contributed by atoms with Crippen LogP contribution in [0.1, 0.15) is 32.1 Å². The van der Waals surface area contributed by atoms with Crippen LogP contribution in [0.15, 0.2) is 22.8 Å². The van der Waals surface area contributed by atoms with Gasteiger partial charge < -0.3 is 14.5 Å². The number of ether oxygens (including phenoxy) is 1. The Morgan fingerprint density at radius 3 is 2.86 bits per heavy atom. The van der Waals surface area contributed by atoms with Gasteiger partial charge in [-0.25, -0.2) is 0 Å². The standard InChI is InChI=1S/C11H19NO2/c1-9(6-8-13-3)12-10(2)11-5-4-7-14-11/h4-5,7,9-10,12H,6,8H2,1-3H3. The van der Waals surface area contributed by atoms with Crippen molar-refractivity contribution in [2.75, 3.05) is 13.7 Å². The zero-order valence-corrected chi connectivity index (χ0v) is 9.12. The van der Waals surface area contributed by atoms with Gasteiger partial charge in [-0.2, -0.15) is 0 Å². The molecule has 14 heavy (non-hydrogen) atoms. The van der Waals surface area contributed by atoms with E-state index in [2.05, 4.69) is 19.2 Å². The Balaban J connectivity index is 2.29. The Morgan fingerprint density at radius 2 is 2.29 bits per heavy atom. The van der Waals surface area contributed by atoms with Crippen LogP contribution in [0.25, 0.3) is 0 Å². The lowest BCUT2D eigenvalue weighted by Gasteiger charge is -2.17. The van der Waals surface area contributed by atoms with Crippen molar-refractivity contribution in [3.63, 3.8) is 0 Å². The highest BCUT2D eigenvalue weighted by molar-refractivity contribution is 5.03. The minimum absolute atomic E-state index is 0.261. The molecule has 0 saturated heterocycles. The van der Waals surface area contributed by atoms with Crippen molar-refractivity contribution in [1.82, 2.24) is 5.32 Å². The van der Waals surface area contributed by atoms with Crippen LogP contribution in [-0.4, -0.2) is 19.8 Å². The fraction of sp³-hybridized carbons (Fsp3) is 0.636. The molecule has 0 radical (unpaired) electrons. The van der Waals surface area contributed by atoms with Gasteiger partial charge in [0.2, 0.25) is 0 Å². The van der Waals surface area contributed by atoms with Gasteiger partial charge in [0, 0.05) is 19.8 Å². The van der Waals surface area contributed by atoms with Crippen molar-refractivity contribution in [2.24, 2.45) is 0 Å². The van der Waals surface area contributed by atoms with Crippen LogP contribution in [0.2, 0.25) is 0 Å². The molecule has 2 unspecified atom stereocenters. The zero-order valence-electron chi connectivity index (χ0n) is 9.12. The largest absolute Gasteiger partial charge is 0.468 e. The van der Waals surface area contributed by atoms with Crippen molar-refractivity contribution >= 4 is 0 Å². The first-order valence-corrected chi connectivity index (χ1v) is 5.02. The maximum absolute atomic E-state index is 5.31. The second-order valence-corrected chi connectivity index (χ2v) is 3.59. The Hall–Kier alpha value is -0.800. The first kappa shape index (κ1) is 11.3. The van der Waals surface area contributed by atoms with Gasteiger partial charge in [-0.1, -0.05) is 0 Å². The highest BCUT2D eigenvalue weighted by atomic mass is 16.5. The number of furan rings is 1. The molecule has 0 aliphatic heterocycles. The molecule has 1 N–H and O–H groups in total. The van der Waals surface area contributed by atoms with Crippen LogP contribution in [0.3, 0.4) is 0 Å². The molecule has 0 saturated carbocycles. The predicted octanol–water partition coefficient (Wildman–Crippen LogP) is 2.36. The molecule has 0 spiro atoms. The zero-order chi connectivity index (χ0) is 10.4. The third kappa shape index (κ3) is 3.52. The lowest BCUT2D eigenvalue weighted by Crippen LogP contribution is -2.29. The summed E-state index contributed by atoms with van der Waals surface area (Å²) in [5.41, 5.74) is 0. The summed E-state index contributed by atoms with van der Waals surface area (Å²) in [5.74, 6) is 0.981. The van der Waals surface area contributed by atoms with Gasteiger partial charge in [0.25, 0.3) is 0 Å². The van der Waals surface area contributed by atoms with Crippen molar-refractivity contribution in [3.05, 3.63) is 24.2 Å². The van der Waals surface area contributed by atoms with Crippen molar-refractivity contribution in [2.45, 2.75) is 32.4 Å². The summed E-state index contributed by atoms with van der Waals surface area (Å²) < 4.78 is 10.3. The monoisotopic (exact) mass is 197 g/mol. The molecule has 3 heteroatoms. The molecule has 1 aromatic rings. The molecular weight excluding hydrogens is 178 g/mol. The predicted molar refractivity (Wildman–Crippen MR) is 56.2 cm³/mol. The molecule has 1 aromatic heterocycles. The SMILES string of the molecule is COCCC(C)NC(C)c1ccco1. The van der Waals surface area contributed by atoms with E-state index in [0.717, 1.165) is 18.8 Å². The number of rotatable bonds is 6. The third-order valence-corrected chi connectivity index (χ3v) is 2.26. The molecule has 0 aliphatic rings. The van der Waals surface area contributed by atoms with E-state index in [1.165, 1.54) is 0 Å². The van der Waals surface area contributed by atoms with Crippen molar-refractivity contribution < 1.29 is 9.15 Å². The second-order valence-electron chi connectivity index (χ2n) is 3.59. The molecule has 1 heterocycles. The second kappa shape index (κ2) is 5.83. The van der Waals surface area contributed by atoms with Crippen molar-refractivity contribution in [1.29, 1.82) is 0 Å². The van der Waals surface area contributed by atoms with Crippen LogP contribution in [0.4, 0.5) is 0 Å². The topological polar surface area (TPSA) is 34.4 Å². The molecule has 3 nitrogen and oxygen atoms in total. The highest BCUT2D eigenvalue weighted by Crippen LogP contribution is 2.13. The van der Waals surface area contributed by atoms with Gasteiger partial charge in [-0.05, 0) is 32.4 Å². The van der Waals surface area contributed by atoms with E-state index in [1.54, 1.807) is 13.4 Å². The molecule has 80 valence electrons. The molecule has 2 atom stereocenters. The van der Waals surface area contributed by atoms with Gasteiger partial charge in [0.1, 0.15) is 5.76 Å². The number of nitrogens with one attached hydrogen (secondary N) is 1. The smallest absolute Gasteiger partial charge is 0.120 e. The summed E-state index contributed by atoms with van der Waals surface area (Å²) in [4.78, 5) is 0. The molecule has 0 amide bonds. The van der Waals surface area contributed by atoms with E-state index < -0.39 is 0 Å². The normalized spacial score (nSPS) is 15.4. The van der Waals surface area contributed by atoms with Crippen LogP contribution < -0.4 is 5.32 Å². The van der Waals surface area contributed by atoms with Gasteiger partial charge >= 0.3 is 0 Å². The fourth-order valence-electron chi connectivity index (χ4n) is 1.42. The van der Waals surface area contributed by atoms with E-state index in [9.17, 15) is 0 Å². The van der Waals surface area contributed by atoms with Crippen LogP contribution >= 0.6 is 0 Å². The van der Waals surface area contributed by atoms with Gasteiger partial charge in [-0.3, -0.25) is 0 Å². The van der Waals surface area contributed by atoms with E-state index in [0.29, 0.717) is 6.04 Å². The molecule has 0 fully saturated rings. The maximum atomic E-state index is 5.31. The van der Waals surface area contributed by atoms with Gasteiger partial charge in [0.05, 0.1) is 12.3 Å². The molecule has 0 aliphatic carbocycles. The van der Waals surface area contributed by atoms with Crippen molar-refractivity contribution in [3.8, 4) is 0 Å². The number of hydrogen-bond donors (Lipinski definition) is 1. The molecule has 0 aromatic carbocycles. The quantitative estimate of drug-likeness (QED) is 0.760. The summed E-state index contributed by atoms with van der Waals surface area (Å²) in [7, 11) is 1.72. The lowest BCUT2D eigenvalue weighted by atomic mass is 10.2. The van der Waals surface area contributed by atoms with Gasteiger partial charge in [-0.15, -0.1) is 0 Å². The summed E-state index contributed by atoms with van der Waals surface area (Å²) >= 11 is 0. The van der Waals surface area contributed by atoms with Gasteiger partial charge in [0.15, 0.2) is 0 Å². The Kier molecular flexibility index (Phi) is 4.70. The van der Waals surface area contributed by atoms with E-state index in [4.69, 9.17) is 9.15 Å². The summed E-state index contributed by atoms with van der Waals surface area (Å²) in [6.45, 7) is 5.04. The summed E-state index contributed by atoms with van der Waals surface area (Å²) in [6.07, 6.45) is 2.72. The van der Waals surface area contributed by atoms with Crippen LogP contribution in [-0.2, 0) is 4.74 Å². The highest BCUT2D eigenvalue weighted by Gasteiger charge is 2.10. The maximum Gasteiger partial charge on any atom is 0.120 e. The summed E-state index contributed by atoms with van der Waals surface area (Å²) in [6, 6.07) is 4.60. The minimum Gasteiger partial charge on any atom is -0.468 e. The molecule has 1 rings (SSSR count). The first-order valence-electron chi connectivity index (χ1n) is 5.02. The lowest BCUT2D eigenvalue weighted by molar-refractivity contribution is 0.182. The molecule has 0 bridgehead atoms. The first-order chi connectivity index (χ1) is 6.74. The average molecular weight is 197 g/mol. The number of methoxy groups -OCH3 is 1. The Labute approximate surface area is 85.4 Å². The van der Waals surface area contributed by atoms with E-state index in [-0.39, 0.29) is 6.04 Å². The number of hydrogen-bond acceptors (Lipinski definition) is 3. The Bertz CT molecular complexity index is 233. The van der Waals surface area contributed by atoms with Crippen LogP contribution in [0, 0.1) is 0 Å². The third-order valence-electron chi connectivity index (χ3n) is 2.26. The fourth-order valence-corrected chi connectivity index (χ4v) is 1.42. The minimum atomic E-state index is 0.261. The average Bonchev–Trinajstić information content (AvgIpc) is 2.67. The van der Waals surface area contributed by atoms with E-state index in [1.807, 2.05) is 12.1 Å². The Morgan fingerprint density at radius 1 is 1.50 bits per heavy atom. The van der Waals surface area contributed by atoms with Crippen LogP contribution in [0.5, 0.6) is 0 Å². The summed E-state index contributed by atoms with van der Waals surface area (Å²) in [5, 5.41) is 3.44. The molecular formula is C11H19NO2. The van der Waals surface area contributed by atoms with E-state index >= 15 is 0 Å².